The summed E-state index contributed by atoms with van der Waals surface area (Å²) in [5.74, 6) is -0.105. The third-order valence-electron chi connectivity index (χ3n) is 1.92. The highest BCUT2D eigenvalue weighted by Crippen LogP contribution is 2.19. The van der Waals surface area contributed by atoms with Crippen molar-refractivity contribution in [2.24, 2.45) is 5.73 Å². The summed E-state index contributed by atoms with van der Waals surface area (Å²) in [5.41, 5.74) is 6.34. The van der Waals surface area contributed by atoms with Gasteiger partial charge in [0.25, 0.3) is 0 Å². The molecule has 0 aliphatic heterocycles. The van der Waals surface area contributed by atoms with Gasteiger partial charge in [0.05, 0.1) is 12.6 Å². The Balaban J connectivity index is 2.66. The van der Waals surface area contributed by atoms with E-state index in [1.165, 1.54) is 19.4 Å². The van der Waals surface area contributed by atoms with Gasteiger partial charge in [-0.2, -0.15) is 13.2 Å². The molecular formula is C10H13F3N2O2. The van der Waals surface area contributed by atoms with Gasteiger partial charge in [-0.25, -0.2) is 4.98 Å². The molecule has 7 heteroatoms. The Labute approximate surface area is 96.5 Å². The largest absolute Gasteiger partial charge is 0.468 e. The summed E-state index contributed by atoms with van der Waals surface area (Å²) in [6.07, 6.45) is -3.04. The van der Waals surface area contributed by atoms with Crippen LogP contribution in [0.25, 0.3) is 0 Å². The van der Waals surface area contributed by atoms with Gasteiger partial charge in [-0.05, 0) is 11.6 Å². The minimum absolute atomic E-state index is 0.105. The lowest BCUT2D eigenvalue weighted by Gasteiger charge is -2.12. The topological polar surface area (TPSA) is 57.4 Å². The van der Waals surface area contributed by atoms with Crippen molar-refractivity contribution in [3.05, 3.63) is 23.9 Å². The second-order valence-corrected chi connectivity index (χ2v) is 3.39. The van der Waals surface area contributed by atoms with Crippen molar-refractivity contribution < 1.29 is 22.6 Å². The Hall–Kier alpha value is -1.34. The van der Waals surface area contributed by atoms with Gasteiger partial charge < -0.3 is 15.2 Å². The molecule has 1 rings (SSSR count). The van der Waals surface area contributed by atoms with Crippen molar-refractivity contribution in [3.8, 4) is 5.88 Å². The molecule has 0 saturated heterocycles. The number of nitrogens with two attached hydrogens (primary N) is 1. The minimum atomic E-state index is -4.38. The number of pyridine rings is 1. The van der Waals surface area contributed by atoms with E-state index in [1.807, 2.05) is 0 Å². The molecule has 1 unspecified atom stereocenters. The van der Waals surface area contributed by atoms with E-state index < -0.39 is 18.8 Å². The molecule has 0 spiro atoms. The van der Waals surface area contributed by atoms with Crippen LogP contribution in [0, 0.1) is 0 Å². The molecule has 1 aromatic rings. The number of aromatic nitrogens is 1. The maximum Gasteiger partial charge on any atom is 0.422 e. The Morgan fingerprint density at radius 2 is 2.18 bits per heavy atom. The molecule has 0 aromatic carbocycles. The van der Waals surface area contributed by atoms with Gasteiger partial charge in [-0.15, -0.1) is 0 Å². The van der Waals surface area contributed by atoms with Gasteiger partial charge in [0.15, 0.2) is 6.61 Å². The van der Waals surface area contributed by atoms with Gasteiger partial charge in [-0.3, -0.25) is 0 Å². The zero-order chi connectivity index (χ0) is 12.9. The van der Waals surface area contributed by atoms with Crippen molar-refractivity contribution >= 4 is 0 Å². The number of ether oxygens (including phenoxy) is 2. The van der Waals surface area contributed by atoms with Crippen LogP contribution in [-0.4, -0.2) is 31.5 Å². The fourth-order valence-electron chi connectivity index (χ4n) is 1.17. The number of hydrogen-bond donors (Lipinski definition) is 1. The summed E-state index contributed by atoms with van der Waals surface area (Å²) in [5, 5.41) is 0. The molecule has 96 valence electrons. The zero-order valence-electron chi connectivity index (χ0n) is 9.20. The number of methoxy groups -OCH3 is 1. The van der Waals surface area contributed by atoms with Crippen LogP contribution in [0.15, 0.2) is 18.3 Å². The van der Waals surface area contributed by atoms with Crippen molar-refractivity contribution in [1.82, 2.24) is 4.98 Å². The van der Waals surface area contributed by atoms with Crippen molar-refractivity contribution in [1.29, 1.82) is 0 Å². The molecule has 0 fully saturated rings. The molecule has 4 nitrogen and oxygen atoms in total. The lowest BCUT2D eigenvalue weighted by atomic mass is 10.1. The van der Waals surface area contributed by atoms with Crippen LogP contribution in [0.5, 0.6) is 5.88 Å². The molecule has 0 saturated carbocycles. The van der Waals surface area contributed by atoms with Gasteiger partial charge in [-0.1, -0.05) is 0 Å². The van der Waals surface area contributed by atoms with E-state index in [9.17, 15) is 13.2 Å². The quantitative estimate of drug-likeness (QED) is 0.863. The molecule has 17 heavy (non-hydrogen) atoms. The highest BCUT2D eigenvalue weighted by Gasteiger charge is 2.28. The molecule has 0 radical (unpaired) electrons. The number of hydrogen-bond acceptors (Lipinski definition) is 4. The van der Waals surface area contributed by atoms with Crippen LogP contribution in [0.1, 0.15) is 11.6 Å². The lowest BCUT2D eigenvalue weighted by Crippen LogP contribution is -2.20. The molecular weight excluding hydrogens is 237 g/mol. The third kappa shape index (κ3) is 5.01. The smallest absolute Gasteiger partial charge is 0.422 e. The summed E-state index contributed by atoms with van der Waals surface area (Å²) in [6.45, 7) is -1.11. The Morgan fingerprint density at radius 1 is 1.47 bits per heavy atom. The van der Waals surface area contributed by atoms with Gasteiger partial charge >= 0.3 is 6.18 Å². The fraction of sp³-hybridized carbons (Fsp3) is 0.500. The Kier molecular flexibility index (Phi) is 4.71. The van der Waals surface area contributed by atoms with E-state index in [-0.39, 0.29) is 12.5 Å². The lowest BCUT2D eigenvalue weighted by molar-refractivity contribution is -0.154. The SMILES string of the molecule is COCC(N)c1ccnc(OCC(F)(F)F)c1. The number of rotatable bonds is 5. The second-order valence-electron chi connectivity index (χ2n) is 3.39. The number of halogens is 3. The summed E-state index contributed by atoms with van der Waals surface area (Å²) in [6, 6.07) is 2.55. The first-order chi connectivity index (χ1) is 7.92. The van der Waals surface area contributed by atoms with Crippen LogP contribution in [0.4, 0.5) is 13.2 Å². The highest BCUT2D eigenvalue weighted by atomic mass is 19.4. The average molecular weight is 250 g/mol. The van der Waals surface area contributed by atoms with Crippen molar-refractivity contribution in [2.45, 2.75) is 12.2 Å². The van der Waals surface area contributed by atoms with Gasteiger partial charge in [0, 0.05) is 19.4 Å². The van der Waals surface area contributed by atoms with Crippen LogP contribution in [-0.2, 0) is 4.74 Å². The van der Waals surface area contributed by atoms with E-state index in [0.29, 0.717) is 5.56 Å². The van der Waals surface area contributed by atoms with Crippen molar-refractivity contribution in [3.63, 3.8) is 0 Å². The normalized spacial score (nSPS) is 13.5. The van der Waals surface area contributed by atoms with E-state index >= 15 is 0 Å². The second kappa shape index (κ2) is 5.83. The highest BCUT2D eigenvalue weighted by molar-refractivity contribution is 5.23. The maximum atomic E-state index is 11.9. The predicted molar refractivity (Wildman–Crippen MR) is 54.6 cm³/mol. The van der Waals surface area contributed by atoms with Crippen LogP contribution >= 0.6 is 0 Å². The van der Waals surface area contributed by atoms with Crippen LogP contribution < -0.4 is 10.5 Å². The summed E-state index contributed by atoms with van der Waals surface area (Å²) < 4.78 is 45.1. The zero-order valence-corrected chi connectivity index (χ0v) is 9.20. The Bertz CT molecular complexity index is 358. The summed E-state index contributed by atoms with van der Waals surface area (Å²) in [7, 11) is 1.49. The van der Waals surface area contributed by atoms with Crippen LogP contribution in [0.3, 0.4) is 0 Å². The third-order valence-corrected chi connectivity index (χ3v) is 1.92. The number of alkyl halides is 3. The van der Waals surface area contributed by atoms with E-state index in [0.717, 1.165) is 0 Å². The van der Waals surface area contributed by atoms with E-state index in [1.54, 1.807) is 6.07 Å². The standard InChI is InChI=1S/C10H13F3N2O2/c1-16-5-8(14)7-2-3-15-9(4-7)17-6-10(11,12)13/h2-4,8H,5-6,14H2,1H3. The first-order valence-electron chi connectivity index (χ1n) is 4.82. The summed E-state index contributed by atoms with van der Waals surface area (Å²) >= 11 is 0. The summed E-state index contributed by atoms with van der Waals surface area (Å²) in [4.78, 5) is 3.67. The Morgan fingerprint density at radius 3 is 2.76 bits per heavy atom. The molecule has 1 heterocycles. The van der Waals surface area contributed by atoms with E-state index in [4.69, 9.17) is 10.5 Å². The molecule has 0 aliphatic carbocycles. The monoisotopic (exact) mass is 250 g/mol. The maximum absolute atomic E-state index is 11.9. The average Bonchev–Trinajstić information content (AvgIpc) is 2.26. The molecule has 1 aromatic heterocycles. The fourth-order valence-corrected chi connectivity index (χ4v) is 1.17. The minimum Gasteiger partial charge on any atom is -0.468 e. The molecule has 0 bridgehead atoms. The van der Waals surface area contributed by atoms with E-state index in [2.05, 4.69) is 9.72 Å². The number of nitrogens with zero attached hydrogens (tertiary/aromatic N) is 1. The molecule has 0 amide bonds. The first kappa shape index (κ1) is 13.7. The molecule has 1 atom stereocenters. The predicted octanol–water partition coefficient (Wildman–Crippen LogP) is 1.67. The first-order valence-corrected chi connectivity index (χ1v) is 4.82. The van der Waals surface area contributed by atoms with Crippen molar-refractivity contribution in [2.75, 3.05) is 20.3 Å². The molecule has 2 N–H and O–H groups in total. The van der Waals surface area contributed by atoms with Gasteiger partial charge in [0.2, 0.25) is 5.88 Å². The molecule has 0 aliphatic rings. The van der Waals surface area contributed by atoms with Gasteiger partial charge in [0.1, 0.15) is 0 Å². The van der Waals surface area contributed by atoms with Crippen LogP contribution in [0.2, 0.25) is 0 Å².